The average molecular weight is 325 g/mol. The van der Waals surface area contributed by atoms with Crippen LogP contribution >= 0.6 is 0 Å². The Labute approximate surface area is 142 Å². The topological polar surface area (TPSA) is 62.3 Å². The smallest absolute Gasteiger partial charge is 0.244 e. The molecule has 1 aromatic carbocycles. The van der Waals surface area contributed by atoms with Crippen LogP contribution in [0.5, 0.6) is 0 Å². The number of fused-ring (bicyclic) bond motifs is 1. The highest BCUT2D eigenvalue weighted by Crippen LogP contribution is 2.17. The molecule has 1 heterocycles. The van der Waals surface area contributed by atoms with Gasteiger partial charge in [0.25, 0.3) is 0 Å². The summed E-state index contributed by atoms with van der Waals surface area (Å²) in [5.74, 6) is -0.146. The first-order valence-corrected chi connectivity index (χ1v) is 8.23. The van der Waals surface area contributed by atoms with Gasteiger partial charge in [-0.1, -0.05) is 18.2 Å². The number of amides is 2. The molecule has 126 valence electrons. The third kappa shape index (κ3) is 4.65. The van der Waals surface area contributed by atoms with Crippen molar-refractivity contribution < 1.29 is 9.59 Å². The number of benzene rings is 1. The standard InChI is InChI=1S/C19H23N3O2/c1-3-22(4-2)19(24)12-14-21-18(23)10-9-15-11-13-20-17-8-6-5-7-16(15)17/h5-11,13H,3-4,12,14H2,1-2H3,(H,21,23)/b10-9+. The summed E-state index contributed by atoms with van der Waals surface area (Å²) in [7, 11) is 0. The third-order valence-corrected chi connectivity index (χ3v) is 3.85. The van der Waals surface area contributed by atoms with Crippen molar-refractivity contribution in [2.75, 3.05) is 19.6 Å². The molecule has 0 spiro atoms. The van der Waals surface area contributed by atoms with Crippen LogP contribution in [0.1, 0.15) is 25.8 Å². The lowest BCUT2D eigenvalue weighted by Crippen LogP contribution is -2.33. The number of rotatable bonds is 7. The zero-order valence-corrected chi connectivity index (χ0v) is 14.2. The number of aromatic nitrogens is 1. The summed E-state index contributed by atoms with van der Waals surface area (Å²) >= 11 is 0. The van der Waals surface area contributed by atoms with Crippen LogP contribution in [0, 0.1) is 0 Å². The van der Waals surface area contributed by atoms with Crippen LogP contribution in [-0.4, -0.2) is 41.3 Å². The minimum Gasteiger partial charge on any atom is -0.352 e. The summed E-state index contributed by atoms with van der Waals surface area (Å²) < 4.78 is 0. The molecule has 0 fully saturated rings. The van der Waals surface area contributed by atoms with Crippen LogP contribution < -0.4 is 5.32 Å². The number of nitrogens with one attached hydrogen (secondary N) is 1. The van der Waals surface area contributed by atoms with Crippen molar-refractivity contribution in [1.82, 2.24) is 15.2 Å². The number of para-hydroxylation sites is 1. The summed E-state index contributed by atoms with van der Waals surface area (Å²) in [6.45, 7) is 5.62. The molecule has 1 aromatic heterocycles. The SMILES string of the molecule is CCN(CC)C(=O)CCNC(=O)/C=C/c1ccnc2ccccc12. The van der Waals surface area contributed by atoms with E-state index in [0.29, 0.717) is 26.1 Å². The Morgan fingerprint density at radius 2 is 1.92 bits per heavy atom. The second-order valence-electron chi connectivity index (χ2n) is 5.36. The van der Waals surface area contributed by atoms with Crippen LogP contribution in [0.2, 0.25) is 0 Å². The van der Waals surface area contributed by atoms with E-state index in [1.165, 1.54) is 6.08 Å². The Morgan fingerprint density at radius 1 is 1.17 bits per heavy atom. The minimum atomic E-state index is -0.205. The summed E-state index contributed by atoms with van der Waals surface area (Å²) in [5, 5.41) is 3.75. The molecule has 0 radical (unpaired) electrons. The van der Waals surface area contributed by atoms with E-state index in [1.807, 2.05) is 44.2 Å². The second kappa shape index (κ2) is 8.82. The van der Waals surface area contributed by atoms with Gasteiger partial charge in [-0.05, 0) is 37.6 Å². The van der Waals surface area contributed by atoms with Gasteiger partial charge in [0.05, 0.1) is 5.52 Å². The third-order valence-electron chi connectivity index (χ3n) is 3.85. The number of carbonyl (C=O) groups excluding carboxylic acids is 2. The molecule has 5 heteroatoms. The quantitative estimate of drug-likeness (QED) is 0.796. The fourth-order valence-electron chi connectivity index (χ4n) is 2.51. The van der Waals surface area contributed by atoms with Crippen LogP contribution in [0.25, 0.3) is 17.0 Å². The molecular weight excluding hydrogens is 302 g/mol. The first-order chi connectivity index (χ1) is 11.7. The van der Waals surface area contributed by atoms with E-state index in [0.717, 1.165) is 16.5 Å². The normalized spacial score (nSPS) is 10.9. The molecule has 2 aromatic rings. The van der Waals surface area contributed by atoms with Gasteiger partial charge in [0, 0.05) is 43.7 Å². The minimum absolute atomic E-state index is 0.0596. The molecule has 0 aliphatic carbocycles. The van der Waals surface area contributed by atoms with Gasteiger partial charge in [-0.25, -0.2) is 0 Å². The van der Waals surface area contributed by atoms with Gasteiger partial charge in [-0.2, -0.15) is 0 Å². The van der Waals surface area contributed by atoms with Crippen molar-refractivity contribution in [1.29, 1.82) is 0 Å². The van der Waals surface area contributed by atoms with Crippen LogP contribution in [0.4, 0.5) is 0 Å². The average Bonchev–Trinajstić information content (AvgIpc) is 2.61. The number of carbonyl (C=O) groups is 2. The zero-order chi connectivity index (χ0) is 17.4. The number of hydrogen-bond donors (Lipinski definition) is 1. The Bertz CT molecular complexity index is 731. The maximum Gasteiger partial charge on any atom is 0.244 e. The van der Waals surface area contributed by atoms with Crippen LogP contribution in [-0.2, 0) is 9.59 Å². The van der Waals surface area contributed by atoms with Gasteiger partial charge in [0.15, 0.2) is 0 Å². The second-order valence-corrected chi connectivity index (χ2v) is 5.36. The molecule has 0 saturated heterocycles. The molecule has 0 unspecified atom stereocenters. The van der Waals surface area contributed by atoms with E-state index in [1.54, 1.807) is 17.2 Å². The maximum absolute atomic E-state index is 11.9. The number of nitrogens with zero attached hydrogens (tertiary/aromatic N) is 2. The lowest BCUT2D eigenvalue weighted by molar-refractivity contribution is -0.130. The molecule has 0 aliphatic heterocycles. The van der Waals surface area contributed by atoms with Gasteiger partial charge in [-0.15, -0.1) is 0 Å². The molecular formula is C19H23N3O2. The van der Waals surface area contributed by atoms with Crippen LogP contribution in [0.3, 0.4) is 0 Å². The fourth-order valence-corrected chi connectivity index (χ4v) is 2.51. The first kappa shape index (κ1) is 17.7. The molecule has 5 nitrogen and oxygen atoms in total. The van der Waals surface area contributed by atoms with Crippen molar-refractivity contribution in [3.05, 3.63) is 48.2 Å². The molecule has 0 atom stereocenters. The largest absolute Gasteiger partial charge is 0.352 e. The van der Waals surface area contributed by atoms with E-state index in [-0.39, 0.29) is 11.8 Å². The molecule has 2 amide bonds. The monoisotopic (exact) mass is 325 g/mol. The Hall–Kier alpha value is -2.69. The first-order valence-electron chi connectivity index (χ1n) is 8.23. The van der Waals surface area contributed by atoms with Crippen molar-refractivity contribution in [2.45, 2.75) is 20.3 Å². The van der Waals surface area contributed by atoms with Crippen molar-refractivity contribution >= 4 is 28.8 Å². The van der Waals surface area contributed by atoms with E-state index in [4.69, 9.17) is 0 Å². The highest BCUT2D eigenvalue weighted by Gasteiger charge is 2.09. The number of pyridine rings is 1. The molecule has 24 heavy (non-hydrogen) atoms. The van der Waals surface area contributed by atoms with Gasteiger partial charge >= 0.3 is 0 Å². The van der Waals surface area contributed by atoms with E-state index in [2.05, 4.69) is 10.3 Å². The highest BCUT2D eigenvalue weighted by atomic mass is 16.2. The summed E-state index contributed by atoms with van der Waals surface area (Å²) in [4.78, 5) is 29.8. The number of hydrogen-bond acceptors (Lipinski definition) is 3. The molecule has 0 saturated carbocycles. The molecule has 0 aliphatic rings. The van der Waals surface area contributed by atoms with Crippen molar-refractivity contribution in [3.63, 3.8) is 0 Å². The van der Waals surface area contributed by atoms with Crippen LogP contribution in [0.15, 0.2) is 42.6 Å². The highest BCUT2D eigenvalue weighted by molar-refractivity contribution is 5.95. The summed E-state index contributed by atoms with van der Waals surface area (Å²) in [6.07, 6.45) is 5.30. The van der Waals surface area contributed by atoms with E-state index >= 15 is 0 Å². The summed E-state index contributed by atoms with van der Waals surface area (Å²) in [5.41, 5.74) is 1.83. The predicted molar refractivity (Wildman–Crippen MR) is 96.3 cm³/mol. The molecule has 0 bridgehead atoms. The summed E-state index contributed by atoms with van der Waals surface area (Å²) in [6, 6.07) is 9.66. The van der Waals surface area contributed by atoms with Gasteiger partial charge in [0.1, 0.15) is 0 Å². The fraction of sp³-hybridized carbons (Fsp3) is 0.316. The van der Waals surface area contributed by atoms with E-state index < -0.39 is 0 Å². The Morgan fingerprint density at radius 3 is 2.67 bits per heavy atom. The Kier molecular flexibility index (Phi) is 6.49. The zero-order valence-electron chi connectivity index (χ0n) is 14.2. The molecule has 2 rings (SSSR count). The predicted octanol–water partition coefficient (Wildman–Crippen LogP) is 2.62. The van der Waals surface area contributed by atoms with Gasteiger partial charge in [-0.3, -0.25) is 14.6 Å². The van der Waals surface area contributed by atoms with E-state index in [9.17, 15) is 9.59 Å². The van der Waals surface area contributed by atoms with Gasteiger partial charge < -0.3 is 10.2 Å². The van der Waals surface area contributed by atoms with Crippen molar-refractivity contribution in [2.24, 2.45) is 0 Å². The Balaban J connectivity index is 1.90. The lowest BCUT2D eigenvalue weighted by Gasteiger charge is -2.18. The molecule has 1 N–H and O–H groups in total. The lowest BCUT2D eigenvalue weighted by atomic mass is 10.1. The van der Waals surface area contributed by atoms with Gasteiger partial charge in [0.2, 0.25) is 11.8 Å². The maximum atomic E-state index is 11.9. The van der Waals surface area contributed by atoms with Crippen molar-refractivity contribution in [3.8, 4) is 0 Å².